The molecule has 0 aromatic carbocycles. The third-order valence-corrected chi connectivity index (χ3v) is 5.44. The van der Waals surface area contributed by atoms with Crippen LogP contribution in [0.2, 0.25) is 0 Å². The van der Waals surface area contributed by atoms with Gasteiger partial charge < -0.3 is 55.5 Å². The second kappa shape index (κ2) is 13.7. The molecule has 34 heavy (non-hydrogen) atoms. The highest BCUT2D eigenvalue weighted by Crippen LogP contribution is 2.47. The van der Waals surface area contributed by atoms with Gasteiger partial charge in [-0.15, -0.1) is 0 Å². The van der Waals surface area contributed by atoms with E-state index in [0.717, 1.165) is 0 Å². The van der Waals surface area contributed by atoms with E-state index in [1.165, 1.54) is 0 Å². The van der Waals surface area contributed by atoms with E-state index in [0.29, 0.717) is 0 Å². The van der Waals surface area contributed by atoms with Crippen LogP contribution < -0.4 is 40.1 Å². The summed E-state index contributed by atoms with van der Waals surface area (Å²) in [5.41, 5.74) is 33.0. The van der Waals surface area contributed by atoms with Gasteiger partial charge in [0.2, 0.25) is 0 Å². The molecule has 0 spiro atoms. The Hall–Kier alpha value is -3.82. The zero-order valence-electron chi connectivity index (χ0n) is 18.9. The summed E-state index contributed by atoms with van der Waals surface area (Å²) in [5, 5.41) is 30.3. The smallest absolute Gasteiger partial charge is 0.324 e. The highest BCUT2D eigenvalue weighted by Gasteiger charge is 2.64. The Morgan fingerprint density at radius 3 is 1.44 bits per heavy atom. The van der Waals surface area contributed by atoms with Crippen molar-refractivity contribution in [3.8, 4) is 0 Å². The molecule has 0 fully saturated rings. The normalized spacial score (nSPS) is 15.1. The number of aliphatic carboxylic acids is 3. The number of aliphatic imine (C=N–C) groups is 3. The van der Waals surface area contributed by atoms with Crippen LogP contribution in [-0.4, -0.2) is 76.3 Å². The van der Waals surface area contributed by atoms with Gasteiger partial charge in [-0.2, -0.15) is 0 Å². The molecule has 0 aliphatic rings. The Kier molecular flexibility index (Phi) is 12.1. The van der Waals surface area contributed by atoms with Gasteiger partial charge in [-0.3, -0.25) is 29.4 Å². The second-order valence-electron chi connectivity index (χ2n) is 7.71. The Morgan fingerprint density at radius 2 is 1.09 bits per heavy atom. The summed E-state index contributed by atoms with van der Waals surface area (Å²) in [6.45, 7) is -0.104. The fourth-order valence-electron chi connectivity index (χ4n) is 3.89. The predicted octanol–water partition coefficient (Wildman–Crippen LogP) is -3.30. The SMILES string of the molecule is NC(N)=NCCCC(C(=O)O)C(CCCN=C(N)N)(C(=O)O)C(N)(CCCN=C(N)N)C(=O)O. The number of carbonyl (C=O) groups is 3. The lowest BCUT2D eigenvalue weighted by molar-refractivity contribution is -0.178. The lowest BCUT2D eigenvalue weighted by Gasteiger charge is -2.46. The zero-order valence-corrected chi connectivity index (χ0v) is 18.9. The first kappa shape index (κ1) is 30.2. The quantitative estimate of drug-likeness (QED) is 0.0545. The largest absolute Gasteiger partial charge is 0.481 e. The van der Waals surface area contributed by atoms with E-state index < -0.39 is 47.6 Å². The fraction of sp³-hybridized carbons (Fsp3) is 0.667. The van der Waals surface area contributed by atoms with E-state index in [-0.39, 0.29) is 63.2 Å². The second-order valence-corrected chi connectivity index (χ2v) is 7.71. The monoisotopic (exact) mass is 488 g/mol. The molecule has 3 atom stereocenters. The van der Waals surface area contributed by atoms with Crippen LogP contribution in [0.4, 0.5) is 0 Å². The highest BCUT2D eigenvalue weighted by molar-refractivity contribution is 5.93. The summed E-state index contributed by atoms with van der Waals surface area (Å²) in [6.07, 6.45) is -1.15. The standard InChI is InChI=1S/C18H36N10O6/c19-14(20)26-7-1-4-10(11(29)30)17(12(31)32,5-2-8-27-15(21)22)18(25,13(33)34)6-3-9-28-16(23)24/h10H,1-9,25H2,(H,29,30)(H,31,32)(H,33,34)(H4,19,20,26)(H4,21,22,27)(H4,23,24,28). The first-order chi connectivity index (χ1) is 15.7. The molecule has 0 aliphatic carbocycles. The topological polar surface area (TPSA) is 331 Å². The van der Waals surface area contributed by atoms with Crippen LogP contribution in [-0.2, 0) is 14.4 Å². The molecule has 0 radical (unpaired) electrons. The van der Waals surface area contributed by atoms with Crippen molar-refractivity contribution in [3.05, 3.63) is 0 Å². The van der Waals surface area contributed by atoms with E-state index >= 15 is 0 Å². The minimum Gasteiger partial charge on any atom is -0.481 e. The Balaban J connectivity index is 6.50. The number of hydrogen-bond donors (Lipinski definition) is 10. The van der Waals surface area contributed by atoms with Crippen LogP contribution in [0, 0.1) is 11.3 Å². The van der Waals surface area contributed by atoms with Gasteiger partial charge in [-0.1, -0.05) is 0 Å². The highest BCUT2D eigenvalue weighted by atomic mass is 16.4. The molecular formula is C18H36N10O6. The van der Waals surface area contributed by atoms with Gasteiger partial charge >= 0.3 is 17.9 Å². The zero-order chi connectivity index (χ0) is 26.5. The molecule has 0 amide bonds. The Labute approximate surface area is 196 Å². The van der Waals surface area contributed by atoms with Crippen LogP contribution in [0.5, 0.6) is 0 Å². The maximum absolute atomic E-state index is 12.7. The number of hydrogen-bond acceptors (Lipinski definition) is 7. The van der Waals surface area contributed by atoms with Crippen molar-refractivity contribution in [3.63, 3.8) is 0 Å². The number of nitrogens with two attached hydrogens (primary N) is 7. The first-order valence-corrected chi connectivity index (χ1v) is 10.4. The van der Waals surface area contributed by atoms with Gasteiger partial charge in [-0.05, 0) is 38.5 Å². The molecule has 0 heterocycles. The van der Waals surface area contributed by atoms with Crippen molar-refractivity contribution in [2.24, 2.45) is 66.4 Å². The van der Waals surface area contributed by atoms with Gasteiger partial charge in [0.1, 0.15) is 11.0 Å². The molecule has 0 aromatic heterocycles. The molecule has 0 rings (SSSR count). The molecule has 0 aromatic rings. The molecule has 16 heteroatoms. The fourth-order valence-corrected chi connectivity index (χ4v) is 3.89. The van der Waals surface area contributed by atoms with Crippen molar-refractivity contribution in [2.45, 2.75) is 44.1 Å². The van der Waals surface area contributed by atoms with Crippen molar-refractivity contribution in [1.82, 2.24) is 0 Å². The van der Waals surface area contributed by atoms with E-state index in [4.69, 9.17) is 40.1 Å². The number of carboxylic acids is 3. The minimum atomic E-state index is -2.51. The van der Waals surface area contributed by atoms with Crippen molar-refractivity contribution in [2.75, 3.05) is 19.6 Å². The Morgan fingerprint density at radius 1 is 0.676 bits per heavy atom. The molecular weight excluding hydrogens is 452 g/mol. The molecule has 194 valence electrons. The van der Waals surface area contributed by atoms with Crippen LogP contribution in [0.15, 0.2) is 15.0 Å². The average molecular weight is 489 g/mol. The summed E-state index contributed by atoms with van der Waals surface area (Å²) in [4.78, 5) is 48.6. The van der Waals surface area contributed by atoms with Crippen LogP contribution in [0.3, 0.4) is 0 Å². The van der Waals surface area contributed by atoms with E-state index in [2.05, 4.69) is 15.0 Å². The minimum absolute atomic E-state index is 0.00491. The number of guanidine groups is 3. The van der Waals surface area contributed by atoms with E-state index in [9.17, 15) is 29.7 Å². The van der Waals surface area contributed by atoms with Gasteiger partial charge in [0.25, 0.3) is 0 Å². The third kappa shape index (κ3) is 8.27. The van der Waals surface area contributed by atoms with E-state index in [1.54, 1.807) is 0 Å². The first-order valence-electron chi connectivity index (χ1n) is 10.4. The predicted molar refractivity (Wildman–Crippen MR) is 125 cm³/mol. The third-order valence-electron chi connectivity index (χ3n) is 5.44. The van der Waals surface area contributed by atoms with Gasteiger partial charge in [0.15, 0.2) is 17.9 Å². The van der Waals surface area contributed by atoms with Gasteiger partial charge in [0, 0.05) is 19.6 Å². The lowest BCUT2D eigenvalue weighted by Crippen LogP contribution is -2.68. The lowest BCUT2D eigenvalue weighted by atomic mass is 9.57. The molecule has 17 N–H and O–H groups in total. The molecule has 0 aliphatic heterocycles. The number of nitrogens with zero attached hydrogens (tertiary/aromatic N) is 3. The summed E-state index contributed by atoms with van der Waals surface area (Å²) < 4.78 is 0. The van der Waals surface area contributed by atoms with Crippen molar-refractivity contribution >= 4 is 35.8 Å². The van der Waals surface area contributed by atoms with Crippen molar-refractivity contribution in [1.29, 1.82) is 0 Å². The number of carboxylic acid groups (broad SMARTS) is 3. The van der Waals surface area contributed by atoms with Gasteiger partial charge in [0.05, 0.1) is 5.92 Å². The summed E-state index contributed by atoms with van der Waals surface area (Å²) in [5.74, 6) is -7.34. The molecule has 0 saturated carbocycles. The summed E-state index contributed by atoms with van der Waals surface area (Å²) >= 11 is 0. The van der Waals surface area contributed by atoms with Crippen LogP contribution >= 0.6 is 0 Å². The maximum Gasteiger partial charge on any atom is 0.324 e. The summed E-state index contributed by atoms with van der Waals surface area (Å²) in [6, 6.07) is 0. The molecule has 3 unspecified atom stereocenters. The number of rotatable bonds is 17. The molecule has 16 nitrogen and oxygen atoms in total. The summed E-state index contributed by atoms with van der Waals surface area (Å²) in [7, 11) is 0. The van der Waals surface area contributed by atoms with Crippen LogP contribution in [0.25, 0.3) is 0 Å². The van der Waals surface area contributed by atoms with Crippen molar-refractivity contribution < 1.29 is 29.7 Å². The molecule has 0 saturated heterocycles. The average Bonchev–Trinajstić information content (AvgIpc) is 2.70. The van der Waals surface area contributed by atoms with Gasteiger partial charge in [-0.25, -0.2) is 0 Å². The molecule has 0 bridgehead atoms. The maximum atomic E-state index is 12.7. The van der Waals surface area contributed by atoms with E-state index in [1.807, 2.05) is 0 Å². The Bertz CT molecular complexity index is 805. The van der Waals surface area contributed by atoms with Crippen LogP contribution in [0.1, 0.15) is 38.5 Å².